The van der Waals surface area contributed by atoms with Crippen molar-refractivity contribution < 1.29 is 0 Å². The second kappa shape index (κ2) is 1.70. The molecule has 10 heavy (non-hydrogen) atoms. The molecule has 0 aliphatic carbocycles. The first kappa shape index (κ1) is 5.22. The van der Waals surface area contributed by atoms with E-state index in [0.717, 1.165) is 0 Å². The average molecular weight is 135 g/mol. The summed E-state index contributed by atoms with van der Waals surface area (Å²) >= 11 is 0. The van der Waals surface area contributed by atoms with Gasteiger partial charge in [0.25, 0.3) is 5.56 Å². The maximum absolute atomic E-state index is 10.9. The lowest BCUT2D eigenvalue weighted by Crippen LogP contribution is -2.11. The fourth-order valence-corrected chi connectivity index (χ4v) is 0.880. The molecule has 0 aromatic carbocycles. The maximum Gasteiger partial charge on any atom is 0.276 e. The molecule has 4 heteroatoms. The Kier molecular flexibility index (Phi) is 0.887. The summed E-state index contributed by atoms with van der Waals surface area (Å²) in [6.07, 6.45) is 2.93. The van der Waals surface area contributed by atoms with E-state index >= 15 is 0 Å². The number of hydrogen-bond donors (Lipinski definition) is 1. The molecule has 0 atom stereocenters. The van der Waals surface area contributed by atoms with E-state index in [1.807, 2.05) is 0 Å². The monoisotopic (exact) mass is 135 g/mol. The number of nitrogens with zero attached hydrogens (tertiary/aromatic N) is 2. The van der Waals surface area contributed by atoms with Crippen molar-refractivity contribution in [2.24, 2.45) is 0 Å². The zero-order chi connectivity index (χ0) is 6.97. The molecule has 0 saturated heterocycles. The van der Waals surface area contributed by atoms with Crippen molar-refractivity contribution in [1.82, 2.24) is 14.6 Å². The predicted molar refractivity (Wildman–Crippen MR) is 35.8 cm³/mol. The summed E-state index contributed by atoms with van der Waals surface area (Å²) in [4.78, 5) is 10.9. The Balaban J connectivity index is 3.09. The molecule has 0 bridgehead atoms. The largest absolute Gasteiger partial charge is 0.276 e. The van der Waals surface area contributed by atoms with Gasteiger partial charge in [0.1, 0.15) is 11.8 Å². The molecule has 2 rings (SSSR count). The highest BCUT2D eigenvalue weighted by atomic mass is 16.1. The Bertz CT molecular complexity index is 400. The van der Waals surface area contributed by atoms with Gasteiger partial charge in [0.15, 0.2) is 0 Å². The van der Waals surface area contributed by atoms with Gasteiger partial charge in [-0.15, -0.1) is 0 Å². The molecular weight excluding hydrogens is 130 g/mol. The molecule has 0 unspecified atom stereocenters. The van der Waals surface area contributed by atoms with Crippen molar-refractivity contribution in [2.75, 3.05) is 0 Å². The van der Waals surface area contributed by atoms with Crippen molar-refractivity contribution in [3.8, 4) is 0 Å². The van der Waals surface area contributed by atoms with Gasteiger partial charge in [0.05, 0.1) is 0 Å². The normalized spacial score (nSPS) is 10.4. The first-order valence-electron chi connectivity index (χ1n) is 2.89. The van der Waals surface area contributed by atoms with E-state index in [9.17, 15) is 4.79 Å². The Labute approximate surface area is 56.1 Å². The molecule has 0 radical (unpaired) electrons. The third-order valence-corrected chi connectivity index (χ3v) is 1.34. The summed E-state index contributed by atoms with van der Waals surface area (Å²) in [5.41, 5.74) is 0.603. The molecule has 0 aliphatic heterocycles. The molecule has 2 aromatic heterocycles. The van der Waals surface area contributed by atoms with Crippen LogP contribution in [0.15, 0.2) is 29.3 Å². The fraction of sp³-hybridized carbons (Fsp3) is 0. The van der Waals surface area contributed by atoms with Gasteiger partial charge in [-0.2, -0.15) is 5.10 Å². The van der Waals surface area contributed by atoms with Crippen LogP contribution in [0.4, 0.5) is 0 Å². The van der Waals surface area contributed by atoms with Crippen LogP contribution in [-0.4, -0.2) is 14.6 Å². The molecule has 0 spiro atoms. The Morgan fingerprint density at radius 2 is 2.50 bits per heavy atom. The van der Waals surface area contributed by atoms with Crippen LogP contribution >= 0.6 is 0 Å². The summed E-state index contributed by atoms with van der Waals surface area (Å²) in [7, 11) is 0. The van der Waals surface area contributed by atoms with Crippen molar-refractivity contribution in [3.05, 3.63) is 34.9 Å². The number of aromatic amines is 1. The third-order valence-electron chi connectivity index (χ3n) is 1.34. The number of H-pyrrole nitrogens is 1. The smallest absolute Gasteiger partial charge is 0.267 e. The van der Waals surface area contributed by atoms with E-state index in [0.29, 0.717) is 5.65 Å². The van der Waals surface area contributed by atoms with Crippen LogP contribution in [0.2, 0.25) is 0 Å². The van der Waals surface area contributed by atoms with Gasteiger partial charge >= 0.3 is 0 Å². The molecule has 50 valence electrons. The van der Waals surface area contributed by atoms with Gasteiger partial charge in [-0.05, 0) is 12.1 Å². The molecule has 0 fully saturated rings. The molecule has 0 saturated carbocycles. The van der Waals surface area contributed by atoms with Gasteiger partial charge in [-0.3, -0.25) is 14.3 Å². The second-order valence-electron chi connectivity index (χ2n) is 1.97. The minimum Gasteiger partial charge on any atom is -0.267 e. The highest BCUT2D eigenvalue weighted by Crippen LogP contribution is 1.91. The van der Waals surface area contributed by atoms with Crippen molar-refractivity contribution in [2.45, 2.75) is 0 Å². The zero-order valence-corrected chi connectivity index (χ0v) is 5.11. The number of rotatable bonds is 0. The van der Waals surface area contributed by atoms with Gasteiger partial charge in [0, 0.05) is 6.20 Å². The first-order valence-corrected chi connectivity index (χ1v) is 2.89. The van der Waals surface area contributed by atoms with Crippen LogP contribution in [0.3, 0.4) is 0 Å². The minimum atomic E-state index is -0.112. The molecule has 0 aliphatic rings. The molecule has 2 heterocycles. The minimum absolute atomic E-state index is 0.112. The number of hydrogen-bond acceptors (Lipinski definition) is 2. The van der Waals surface area contributed by atoms with Crippen molar-refractivity contribution >= 4 is 5.65 Å². The number of fused-ring (bicyclic) bond motifs is 1. The summed E-state index contributed by atoms with van der Waals surface area (Å²) < 4.78 is 1.49. The second-order valence-corrected chi connectivity index (χ2v) is 1.97. The van der Waals surface area contributed by atoms with Gasteiger partial charge < -0.3 is 0 Å². The predicted octanol–water partition coefficient (Wildman–Crippen LogP) is 0.0226. The lowest BCUT2D eigenvalue weighted by Gasteiger charge is -1.88. The Hall–Kier alpha value is -1.58. The topological polar surface area (TPSA) is 50.2 Å². The van der Waals surface area contributed by atoms with Gasteiger partial charge in [-0.1, -0.05) is 0 Å². The molecule has 2 aromatic rings. The van der Waals surface area contributed by atoms with Crippen LogP contribution in [0.5, 0.6) is 0 Å². The SMILES string of the molecule is O=c1cn[nH]c2cccn12. The summed E-state index contributed by atoms with van der Waals surface area (Å²) in [6, 6.07) is 3.57. The van der Waals surface area contributed by atoms with E-state index in [1.165, 1.54) is 10.6 Å². The molecular formula is C6H5N3O. The summed E-state index contributed by atoms with van der Waals surface area (Å²) in [5, 5.41) is 6.31. The lowest BCUT2D eigenvalue weighted by molar-refractivity contribution is 0.948. The highest BCUT2D eigenvalue weighted by Gasteiger charge is 1.92. The zero-order valence-electron chi connectivity index (χ0n) is 5.11. The quantitative estimate of drug-likeness (QED) is 0.553. The maximum atomic E-state index is 10.9. The number of nitrogens with one attached hydrogen (secondary N) is 1. The Morgan fingerprint density at radius 3 is 3.30 bits per heavy atom. The molecule has 1 N–H and O–H groups in total. The van der Waals surface area contributed by atoms with Crippen molar-refractivity contribution in [3.63, 3.8) is 0 Å². The number of aromatic nitrogens is 3. The molecule has 4 nitrogen and oxygen atoms in total. The van der Waals surface area contributed by atoms with Gasteiger partial charge in [-0.25, -0.2) is 0 Å². The fourth-order valence-electron chi connectivity index (χ4n) is 0.880. The van der Waals surface area contributed by atoms with Crippen LogP contribution in [0.1, 0.15) is 0 Å². The van der Waals surface area contributed by atoms with E-state index in [-0.39, 0.29) is 5.56 Å². The third kappa shape index (κ3) is 0.556. The summed E-state index contributed by atoms with van der Waals surface area (Å²) in [6.45, 7) is 0. The molecule has 0 amide bonds. The average Bonchev–Trinajstić information content (AvgIpc) is 2.36. The lowest BCUT2D eigenvalue weighted by atomic mass is 10.6. The van der Waals surface area contributed by atoms with Gasteiger partial charge in [0.2, 0.25) is 0 Å². The summed E-state index contributed by atoms with van der Waals surface area (Å²) in [5.74, 6) is 0. The van der Waals surface area contributed by atoms with Crippen LogP contribution in [0, 0.1) is 0 Å². The van der Waals surface area contributed by atoms with Crippen LogP contribution < -0.4 is 5.56 Å². The first-order chi connectivity index (χ1) is 4.88. The standard InChI is InChI=1S/C6H5N3O/c10-6-4-7-8-5-2-1-3-9(5)6/h1-4,8H. The van der Waals surface area contributed by atoms with E-state index < -0.39 is 0 Å². The van der Waals surface area contributed by atoms with E-state index in [2.05, 4.69) is 10.2 Å². The van der Waals surface area contributed by atoms with Crippen LogP contribution in [0.25, 0.3) is 5.65 Å². The van der Waals surface area contributed by atoms with E-state index in [1.54, 1.807) is 18.3 Å². The van der Waals surface area contributed by atoms with Crippen LogP contribution in [-0.2, 0) is 0 Å². The van der Waals surface area contributed by atoms with Crippen molar-refractivity contribution in [1.29, 1.82) is 0 Å². The highest BCUT2D eigenvalue weighted by molar-refractivity contribution is 5.35. The Morgan fingerprint density at radius 1 is 1.60 bits per heavy atom. The van der Waals surface area contributed by atoms with E-state index in [4.69, 9.17) is 0 Å².